The molecule has 0 aliphatic rings. The van der Waals surface area contributed by atoms with Gasteiger partial charge in [0.25, 0.3) is 0 Å². The zero-order valence-corrected chi connectivity index (χ0v) is 13.6. The normalized spacial score (nSPS) is 12.8. The molecule has 1 atom stereocenters. The number of ether oxygens (including phenoxy) is 1. The van der Waals surface area contributed by atoms with Gasteiger partial charge in [0.15, 0.2) is 0 Å². The van der Waals surface area contributed by atoms with E-state index in [0.717, 1.165) is 51.9 Å². The van der Waals surface area contributed by atoms with Crippen molar-refractivity contribution in [2.45, 2.75) is 58.9 Å². The van der Waals surface area contributed by atoms with Crippen molar-refractivity contribution in [1.82, 2.24) is 15.1 Å². The van der Waals surface area contributed by atoms with Gasteiger partial charge in [-0.3, -0.25) is 4.68 Å². The molecule has 1 rings (SSSR count). The molecule has 1 aromatic rings. The highest BCUT2D eigenvalue weighted by Crippen LogP contribution is 2.09. The third-order valence-electron chi connectivity index (χ3n) is 3.49. The Morgan fingerprint density at radius 3 is 2.65 bits per heavy atom. The van der Waals surface area contributed by atoms with Crippen LogP contribution in [-0.4, -0.2) is 35.6 Å². The number of hydrogen-bond acceptors (Lipinski definition) is 3. The first-order chi connectivity index (χ1) is 9.71. The molecule has 0 saturated carbocycles. The molecule has 0 aliphatic heterocycles. The number of aromatic nitrogens is 2. The van der Waals surface area contributed by atoms with E-state index in [2.05, 4.69) is 37.3 Å². The van der Waals surface area contributed by atoms with Crippen LogP contribution in [-0.2, 0) is 24.6 Å². The minimum Gasteiger partial charge on any atom is -0.381 e. The maximum Gasteiger partial charge on any atom is 0.0624 e. The average molecular weight is 281 g/mol. The minimum atomic E-state index is 0.479. The van der Waals surface area contributed by atoms with E-state index in [9.17, 15) is 0 Å². The molecule has 0 saturated heterocycles. The molecule has 1 unspecified atom stereocenters. The van der Waals surface area contributed by atoms with Crippen molar-refractivity contribution in [2.75, 3.05) is 19.8 Å². The lowest BCUT2D eigenvalue weighted by molar-refractivity contribution is 0.124. The van der Waals surface area contributed by atoms with Gasteiger partial charge in [-0.2, -0.15) is 5.10 Å². The molecule has 4 heteroatoms. The first kappa shape index (κ1) is 17.2. The van der Waals surface area contributed by atoms with E-state index in [1.807, 2.05) is 11.7 Å². The third-order valence-corrected chi connectivity index (χ3v) is 3.49. The number of rotatable bonds is 11. The Morgan fingerprint density at radius 2 is 2.05 bits per heavy atom. The van der Waals surface area contributed by atoms with Crippen LogP contribution in [0.3, 0.4) is 0 Å². The Bertz CT molecular complexity index is 363. The summed E-state index contributed by atoms with van der Waals surface area (Å²) >= 11 is 0. The monoisotopic (exact) mass is 281 g/mol. The van der Waals surface area contributed by atoms with E-state index >= 15 is 0 Å². The van der Waals surface area contributed by atoms with Crippen LogP contribution in [0.1, 0.15) is 51.4 Å². The second-order valence-electron chi connectivity index (χ2n) is 5.36. The van der Waals surface area contributed by atoms with Crippen LogP contribution in [0.2, 0.25) is 0 Å². The van der Waals surface area contributed by atoms with Crippen molar-refractivity contribution in [3.63, 3.8) is 0 Å². The fourth-order valence-electron chi connectivity index (χ4n) is 2.28. The first-order valence-electron chi connectivity index (χ1n) is 8.04. The average Bonchev–Trinajstić information content (AvgIpc) is 2.81. The van der Waals surface area contributed by atoms with Gasteiger partial charge in [-0.25, -0.2) is 0 Å². The summed E-state index contributed by atoms with van der Waals surface area (Å²) in [4.78, 5) is 0. The molecular formula is C16H31N3O. The lowest BCUT2D eigenvalue weighted by atomic mass is 10.1. The zero-order chi connectivity index (χ0) is 14.8. The summed E-state index contributed by atoms with van der Waals surface area (Å²) in [5, 5.41) is 8.16. The molecule has 0 spiro atoms. The molecule has 1 aromatic heterocycles. The van der Waals surface area contributed by atoms with Gasteiger partial charge in [0.1, 0.15) is 0 Å². The van der Waals surface area contributed by atoms with Crippen LogP contribution in [0, 0.1) is 0 Å². The largest absolute Gasteiger partial charge is 0.381 e. The molecule has 0 bridgehead atoms. The molecule has 116 valence electrons. The van der Waals surface area contributed by atoms with Crippen LogP contribution in [0.4, 0.5) is 0 Å². The van der Waals surface area contributed by atoms with Crippen molar-refractivity contribution in [3.05, 3.63) is 17.5 Å². The minimum absolute atomic E-state index is 0.479. The van der Waals surface area contributed by atoms with E-state index < -0.39 is 0 Å². The van der Waals surface area contributed by atoms with Gasteiger partial charge in [0, 0.05) is 38.4 Å². The van der Waals surface area contributed by atoms with Gasteiger partial charge in [0.2, 0.25) is 0 Å². The summed E-state index contributed by atoms with van der Waals surface area (Å²) < 4.78 is 7.65. The van der Waals surface area contributed by atoms with Crippen molar-refractivity contribution in [3.8, 4) is 0 Å². The van der Waals surface area contributed by atoms with Crippen LogP contribution >= 0.6 is 0 Å². The summed E-state index contributed by atoms with van der Waals surface area (Å²) in [6.45, 7) is 9.28. The van der Waals surface area contributed by atoms with Crippen molar-refractivity contribution in [2.24, 2.45) is 7.05 Å². The predicted molar refractivity (Wildman–Crippen MR) is 84.1 cm³/mol. The number of nitrogens with zero attached hydrogens (tertiary/aromatic N) is 2. The van der Waals surface area contributed by atoms with Gasteiger partial charge in [-0.1, -0.05) is 20.8 Å². The maximum absolute atomic E-state index is 5.63. The van der Waals surface area contributed by atoms with Crippen molar-refractivity contribution >= 4 is 0 Å². The Morgan fingerprint density at radius 1 is 1.25 bits per heavy atom. The quantitative estimate of drug-likeness (QED) is 0.634. The predicted octanol–water partition coefficient (Wildman–Crippen LogP) is 2.71. The van der Waals surface area contributed by atoms with Gasteiger partial charge >= 0.3 is 0 Å². The van der Waals surface area contributed by atoms with E-state index in [1.165, 1.54) is 11.4 Å². The van der Waals surface area contributed by atoms with E-state index in [0.29, 0.717) is 6.04 Å². The lowest BCUT2D eigenvalue weighted by Crippen LogP contribution is -2.33. The van der Waals surface area contributed by atoms with E-state index in [4.69, 9.17) is 4.74 Å². The van der Waals surface area contributed by atoms with Crippen LogP contribution in [0.5, 0.6) is 0 Å². The smallest absolute Gasteiger partial charge is 0.0624 e. The van der Waals surface area contributed by atoms with Gasteiger partial charge in [-0.15, -0.1) is 0 Å². The number of hydrogen-bond donors (Lipinski definition) is 1. The second kappa shape index (κ2) is 9.94. The molecular weight excluding hydrogens is 250 g/mol. The van der Waals surface area contributed by atoms with Gasteiger partial charge < -0.3 is 10.1 Å². The highest BCUT2D eigenvalue weighted by atomic mass is 16.5. The van der Waals surface area contributed by atoms with Gasteiger partial charge in [-0.05, 0) is 38.3 Å². The Balaban J connectivity index is 2.51. The molecule has 1 heterocycles. The van der Waals surface area contributed by atoms with Crippen LogP contribution < -0.4 is 5.32 Å². The summed E-state index contributed by atoms with van der Waals surface area (Å²) in [6, 6.07) is 2.71. The molecule has 20 heavy (non-hydrogen) atoms. The second-order valence-corrected chi connectivity index (χ2v) is 5.36. The van der Waals surface area contributed by atoms with Crippen molar-refractivity contribution in [1.29, 1.82) is 0 Å². The van der Waals surface area contributed by atoms with Gasteiger partial charge in [0.05, 0.1) is 5.69 Å². The molecule has 0 aliphatic carbocycles. The lowest BCUT2D eigenvalue weighted by Gasteiger charge is -2.18. The first-order valence-corrected chi connectivity index (χ1v) is 8.04. The summed E-state index contributed by atoms with van der Waals surface area (Å²) in [5.41, 5.74) is 2.49. The molecule has 1 N–H and O–H groups in total. The fraction of sp³-hybridized carbons (Fsp3) is 0.812. The maximum atomic E-state index is 5.63. The Kier molecular flexibility index (Phi) is 8.54. The van der Waals surface area contributed by atoms with Crippen LogP contribution in [0.15, 0.2) is 6.07 Å². The summed E-state index contributed by atoms with van der Waals surface area (Å²) in [5.74, 6) is 0. The van der Waals surface area contributed by atoms with Crippen LogP contribution in [0.25, 0.3) is 0 Å². The van der Waals surface area contributed by atoms with E-state index in [-0.39, 0.29) is 0 Å². The molecule has 0 radical (unpaired) electrons. The molecule has 0 fully saturated rings. The zero-order valence-electron chi connectivity index (χ0n) is 13.6. The Labute approximate surface area is 123 Å². The van der Waals surface area contributed by atoms with E-state index in [1.54, 1.807) is 0 Å². The number of nitrogens with one attached hydrogen (secondary N) is 1. The highest BCUT2D eigenvalue weighted by molar-refractivity contribution is 5.11. The SMILES string of the molecule is CCCNC(CCOCCC)Cc1cc(CC)nn1C. The Hall–Kier alpha value is -0.870. The molecule has 4 nitrogen and oxygen atoms in total. The third kappa shape index (κ3) is 6.06. The fourth-order valence-corrected chi connectivity index (χ4v) is 2.28. The number of aryl methyl sites for hydroxylation is 2. The standard InChI is InChI=1S/C16H31N3O/c1-5-9-17-15(8-11-20-10-6-2)13-16-12-14(7-3)18-19(16)4/h12,15,17H,5-11,13H2,1-4H3. The molecule has 0 aromatic carbocycles. The highest BCUT2D eigenvalue weighted by Gasteiger charge is 2.12. The summed E-state index contributed by atoms with van der Waals surface area (Å²) in [6.07, 6.45) is 5.35. The summed E-state index contributed by atoms with van der Waals surface area (Å²) in [7, 11) is 2.04. The topological polar surface area (TPSA) is 39.1 Å². The molecule has 0 amide bonds. The van der Waals surface area contributed by atoms with Crippen molar-refractivity contribution < 1.29 is 4.74 Å².